The maximum atomic E-state index is 12.9. The Hall–Kier alpha value is -2.20. The van der Waals surface area contributed by atoms with E-state index < -0.39 is 6.10 Å². The lowest BCUT2D eigenvalue weighted by molar-refractivity contribution is -0.136. The van der Waals surface area contributed by atoms with Crippen LogP contribution in [0.5, 0.6) is 0 Å². The van der Waals surface area contributed by atoms with E-state index in [-0.39, 0.29) is 23.7 Å². The van der Waals surface area contributed by atoms with Crippen molar-refractivity contribution in [1.29, 1.82) is 0 Å². The topological polar surface area (TPSA) is 49.3 Å². The molecule has 0 bridgehead atoms. The molecule has 1 aliphatic carbocycles. The van der Waals surface area contributed by atoms with Crippen molar-refractivity contribution in [3.05, 3.63) is 71.5 Å². The Kier molecular flexibility index (Phi) is 4.95. The number of halogens is 1. The van der Waals surface area contributed by atoms with Crippen molar-refractivity contribution in [2.24, 2.45) is 5.41 Å². The number of amides is 1. The van der Waals surface area contributed by atoms with E-state index >= 15 is 0 Å². The zero-order valence-electron chi connectivity index (χ0n) is 13.5. The first-order chi connectivity index (χ1) is 11.6. The first-order valence-corrected chi connectivity index (χ1v) is 8.35. The third-order valence-electron chi connectivity index (χ3n) is 4.89. The minimum atomic E-state index is -0.830. The molecule has 24 heavy (non-hydrogen) atoms. The monoisotopic (exact) mass is 327 g/mol. The van der Waals surface area contributed by atoms with Gasteiger partial charge in [-0.1, -0.05) is 48.9 Å². The Morgan fingerprint density at radius 2 is 1.79 bits per heavy atom. The minimum Gasteiger partial charge on any atom is -0.387 e. The number of carbonyl (C=O) groups is 1. The molecule has 2 aromatic rings. The largest absolute Gasteiger partial charge is 0.387 e. The van der Waals surface area contributed by atoms with Gasteiger partial charge in [-0.05, 0) is 42.5 Å². The predicted molar refractivity (Wildman–Crippen MR) is 90.8 cm³/mol. The van der Waals surface area contributed by atoms with Gasteiger partial charge in [0.2, 0.25) is 5.91 Å². The summed E-state index contributed by atoms with van der Waals surface area (Å²) in [6, 6.07) is 15.7. The number of hydrogen-bond donors (Lipinski definition) is 2. The first-order valence-electron chi connectivity index (χ1n) is 8.35. The second-order valence-electron chi connectivity index (χ2n) is 6.57. The fraction of sp³-hybridized carbons (Fsp3) is 0.350. The van der Waals surface area contributed by atoms with E-state index in [1.165, 1.54) is 24.3 Å². The highest BCUT2D eigenvalue weighted by molar-refractivity contribution is 5.83. The van der Waals surface area contributed by atoms with Crippen molar-refractivity contribution in [3.8, 4) is 0 Å². The normalized spacial score (nSPS) is 16.9. The van der Waals surface area contributed by atoms with E-state index in [9.17, 15) is 14.3 Å². The van der Waals surface area contributed by atoms with Gasteiger partial charge in [-0.25, -0.2) is 4.39 Å². The highest BCUT2D eigenvalue weighted by Gasteiger charge is 2.43. The van der Waals surface area contributed by atoms with Gasteiger partial charge in [-0.2, -0.15) is 0 Å². The molecular formula is C20H22FNO2. The molecule has 0 aromatic heterocycles. The molecule has 1 saturated carbocycles. The van der Waals surface area contributed by atoms with Gasteiger partial charge >= 0.3 is 0 Å². The van der Waals surface area contributed by atoms with Gasteiger partial charge in [0.05, 0.1) is 11.5 Å². The highest BCUT2D eigenvalue weighted by atomic mass is 19.1. The van der Waals surface area contributed by atoms with Crippen molar-refractivity contribution in [3.63, 3.8) is 0 Å². The fourth-order valence-electron chi connectivity index (χ4n) is 3.25. The Balaban J connectivity index is 1.59. The number of nitrogens with one attached hydrogen (secondary N) is 1. The summed E-state index contributed by atoms with van der Waals surface area (Å²) < 4.78 is 12.9. The van der Waals surface area contributed by atoms with Gasteiger partial charge < -0.3 is 10.4 Å². The summed E-state index contributed by atoms with van der Waals surface area (Å²) >= 11 is 0. The summed E-state index contributed by atoms with van der Waals surface area (Å²) in [4.78, 5) is 12.7. The van der Waals surface area contributed by atoms with E-state index in [0.717, 1.165) is 31.2 Å². The van der Waals surface area contributed by atoms with Crippen LogP contribution in [0.1, 0.15) is 36.5 Å². The second kappa shape index (κ2) is 7.14. The third kappa shape index (κ3) is 3.65. The molecule has 0 aliphatic heterocycles. The number of rotatable bonds is 6. The van der Waals surface area contributed by atoms with Crippen LogP contribution in [0.4, 0.5) is 4.39 Å². The number of aliphatic hydroxyl groups excluding tert-OH is 1. The van der Waals surface area contributed by atoms with Crippen molar-refractivity contribution in [1.82, 2.24) is 5.32 Å². The smallest absolute Gasteiger partial charge is 0.226 e. The maximum absolute atomic E-state index is 12.9. The molecule has 1 atom stereocenters. The molecule has 2 aromatic carbocycles. The van der Waals surface area contributed by atoms with Crippen LogP contribution in [-0.4, -0.2) is 17.6 Å². The van der Waals surface area contributed by atoms with Crippen LogP contribution in [0.25, 0.3) is 0 Å². The number of benzene rings is 2. The van der Waals surface area contributed by atoms with E-state index in [4.69, 9.17) is 0 Å². The van der Waals surface area contributed by atoms with Crippen LogP contribution in [0.15, 0.2) is 54.6 Å². The highest BCUT2D eigenvalue weighted by Crippen LogP contribution is 2.44. The summed E-state index contributed by atoms with van der Waals surface area (Å²) in [5.41, 5.74) is 1.40. The van der Waals surface area contributed by atoms with E-state index in [2.05, 4.69) is 5.32 Å². The summed E-state index contributed by atoms with van der Waals surface area (Å²) in [6.45, 7) is 0.140. The van der Waals surface area contributed by atoms with Crippen LogP contribution < -0.4 is 5.32 Å². The van der Waals surface area contributed by atoms with E-state index in [1.807, 2.05) is 30.3 Å². The van der Waals surface area contributed by atoms with Crippen LogP contribution in [0.3, 0.4) is 0 Å². The molecule has 3 rings (SSSR count). The predicted octanol–water partition coefficient (Wildman–Crippen LogP) is 3.39. The van der Waals surface area contributed by atoms with Crippen LogP contribution in [0, 0.1) is 11.2 Å². The average molecular weight is 327 g/mol. The lowest BCUT2D eigenvalue weighted by Gasteiger charge is -2.40. The van der Waals surface area contributed by atoms with Crippen LogP contribution in [-0.2, 0) is 11.2 Å². The standard InChI is InChI=1S/C20H22FNO2/c21-17-9-7-16(8-10-17)18(23)14-22-19(24)20(11-4-12-20)13-15-5-2-1-3-6-15/h1-3,5-10,18,23H,4,11-14H2,(H,22,24). The van der Waals surface area contributed by atoms with Gasteiger partial charge in [0.1, 0.15) is 5.82 Å². The molecule has 1 fully saturated rings. The summed E-state index contributed by atoms with van der Waals surface area (Å²) in [7, 11) is 0. The van der Waals surface area contributed by atoms with Crippen LogP contribution >= 0.6 is 0 Å². The molecule has 1 unspecified atom stereocenters. The zero-order chi connectivity index (χ0) is 17.0. The molecule has 1 amide bonds. The lowest BCUT2D eigenvalue weighted by Crippen LogP contribution is -2.48. The molecule has 0 radical (unpaired) electrons. The molecule has 0 saturated heterocycles. The Labute approximate surface area is 141 Å². The Morgan fingerprint density at radius 1 is 1.12 bits per heavy atom. The summed E-state index contributed by atoms with van der Waals surface area (Å²) in [5.74, 6) is -0.343. The SMILES string of the molecule is O=C(NCC(O)c1ccc(F)cc1)C1(Cc2ccccc2)CCC1. The van der Waals surface area contributed by atoms with Gasteiger partial charge in [0.15, 0.2) is 0 Å². The van der Waals surface area contributed by atoms with Gasteiger partial charge in [0.25, 0.3) is 0 Å². The summed E-state index contributed by atoms with van der Waals surface area (Å²) in [5, 5.41) is 13.0. The summed E-state index contributed by atoms with van der Waals surface area (Å²) in [6.07, 6.45) is 2.71. The van der Waals surface area contributed by atoms with Crippen molar-refractivity contribution >= 4 is 5.91 Å². The van der Waals surface area contributed by atoms with Gasteiger partial charge in [-0.15, -0.1) is 0 Å². The molecule has 0 spiro atoms. The number of aliphatic hydroxyl groups is 1. The molecule has 0 heterocycles. The molecule has 3 nitrogen and oxygen atoms in total. The molecule has 4 heteroatoms. The third-order valence-corrected chi connectivity index (χ3v) is 4.89. The Bertz CT molecular complexity index is 681. The lowest BCUT2D eigenvalue weighted by atomic mass is 9.64. The quantitative estimate of drug-likeness (QED) is 0.854. The molecule has 2 N–H and O–H groups in total. The average Bonchev–Trinajstić information content (AvgIpc) is 2.57. The number of hydrogen-bond acceptors (Lipinski definition) is 2. The first kappa shape index (κ1) is 16.7. The zero-order valence-corrected chi connectivity index (χ0v) is 13.5. The maximum Gasteiger partial charge on any atom is 0.226 e. The van der Waals surface area contributed by atoms with E-state index in [0.29, 0.717) is 5.56 Å². The van der Waals surface area contributed by atoms with Gasteiger partial charge in [-0.3, -0.25) is 4.79 Å². The molecule has 1 aliphatic rings. The minimum absolute atomic E-state index is 0.00114. The Morgan fingerprint density at radius 3 is 2.38 bits per heavy atom. The number of carbonyl (C=O) groups excluding carboxylic acids is 1. The van der Waals surface area contributed by atoms with Crippen molar-refractivity contribution < 1.29 is 14.3 Å². The van der Waals surface area contributed by atoms with Gasteiger partial charge in [0, 0.05) is 6.54 Å². The fourth-order valence-corrected chi connectivity index (χ4v) is 3.25. The van der Waals surface area contributed by atoms with Crippen molar-refractivity contribution in [2.45, 2.75) is 31.8 Å². The molecule has 126 valence electrons. The van der Waals surface area contributed by atoms with Crippen LogP contribution in [0.2, 0.25) is 0 Å². The molecular weight excluding hydrogens is 305 g/mol. The second-order valence-corrected chi connectivity index (χ2v) is 6.57. The van der Waals surface area contributed by atoms with E-state index in [1.54, 1.807) is 0 Å². The van der Waals surface area contributed by atoms with Crippen molar-refractivity contribution in [2.75, 3.05) is 6.54 Å².